The molecule has 1 N–H and O–H groups in total. The van der Waals surface area contributed by atoms with Crippen molar-refractivity contribution in [3.05, 3.63) is 23.8 Å². The molecule has 0 saturated heterocycles. The molecule has 14 heavy (non-hydrogen) atoms. The Morgan fingerprint density at radius 3 is 2.79 bits per heavy atom. The number of rotatable bonds is 4. The van der Waals surface area contributed by atoms with Crippen LogP contribution in [0.1, 0.15) is 5.56 Å². The maximum Gasteiger partial charge on any atom is 0.160 e. The molecule has 1 rings (SSSR count). The van der Waals surface area contributed by atoms with Gasteiger partial charge in [-0.25, -0.2) is 0 Å². The lowest BCUT2D eigenvalue weighted by Gasteiger charge is -2.04. The van der Waals surface area contributed by atoms with E-state index in [0.29, 0.717) is 12.2 Å². The fraction of sp³-hybridized carbons (Fsp3) is 0.300. The quantitative estimate of drug-likeness (QED) is 0.742. The highest BCUT2D eigenvalue weighted by molar-refractivity contribution is 7.81. The SMILES string of the molecule is COc1ccc(CC(=O)CS)cc1O. The van der Waals surface area contributed by atoms with Crippen LogP contribution in [-0.2, 0) is 11.2 Å². The number of thiol groups is 1. The smallest absolute Gasteiger partial charge is 0.160 e. The largest absolute Gasteiger partial charge is 0.504 e. The third-order valence-electron chi connectivity index (χ3n) is 1.82. The van der Waals surface area contributed by atoms with Gasteiger partial charge in [-0.2, -0.15) is 12.6 Å². The van der Waals surface area contributed by atoms with Crippen LogP contribution in [0.15, 0.2) is 18.2 Å². The Labute approximate surface area is 88.1 Å². The summed E-state index contributed by atoms with van der Waals surface area (Å²) < 4.78 is 4.88. The van der Waals surface area contributed by atoms with Crippen molar-refractivity contribution >= 4 is 18.4 Å². The number of hydrogen-bond donors (Lipinski definition) is 2. The van der Waals surface area contributed by atoms with Gasteiger partial charge in [-0.1, -0.05) is 6.07 Å². The lowest BCUT2D eigenvalue weighted by Crippen LogP contribution is -2.03. The van der Waals surface area contributed by atoms with Gasteiger partial charge >= 0.3 is 0 Å². The second kappa shape index (κ2) is 4.91. The van der Waals surface area contributed by atoms with Crippen molar-refractivity contribution < 1.29 is 14.6 Å². The van der Waals surface area contributed by atoms with Crippen molar-refractivity contribution in [3.8, 4) is 11.5 Å². The molecule has 0 fully saturated rings. The van der Waals surface area contributed by atoms with Crippen molar-refractivity contribution in [3.63, 3.8) is 0 Å². The van der Waals surface area contributed by atoms with Gasteiger partial charge in [0, 0.05) is 12.2 Å². The zero-order chi connectivity index (χ0) is 10.6. The summed E-state index contributed by atoms with van der Waals surface area (Å²) in [6.07, 6.45) is 0.293. The third-order valence-corrected chi connectivity index (χ3v) is 2.17. The summed E-state index contributed by atoms with van der Waals surface area (Å²) in [4.78, 5) is 11.1. The van der Waals surface area contributed by atoms with Gasteiger partial charge in [0.2, 0.25) is 0 Å². The van der Waals surface area contributed by atoms with E-state index in [9.17, 15) is 9.90 Å². The molecule has 76 valence electrons. The zero-order valence-corrected chi connectivity index (χ0v) is 8.75. The van der Waals surface area contributed by atoms with Crippen LogP contribution in [0.4, 0.5) is 0 Å². The van der Waals surface area contributed by atoms with Crippen LogP contribution in [0.5, 0.6) is 11.5 Å². The molecule has 0 aromatic heterocycles. The number of carbonyl (C=O) groups excluding carboxylic acids is 1. The molecular weight excluding hydrogens is 200 g/mol. The Bertz CT molecular complexity index is 336. The van der Waals surface area contributed by atoms with Crippen molar-refractivity contribution in [2.24, 2.45) is 0 Å². The van der Waals surface area contributed by atoms with Gasteiger partial charge in [0.05, 0.1) is 7.11 Å². The van der Waals surface area contributed by atoms with Gasteiger partial charge < -0.3 is 9.84 Å². The minimum absolute atomic E-state index is 0.0258. The molecule has 0 radical (unpaired) electrons. The molecule has 3 nitrogen and oxygen atoms in total. The summed E-state index contributed by atoms with van der Waals surface area (Å²) in [6, 6.07) is 4.91. The maximum atomic E-state index is 11.1. The van der Waals surface area contributed by atoms with Crippen molar-refractivity contribution in [2.75, 3.05) is 12.9 Å². The lowest BCUT2D eigenvalue weighted by molar-refractivity contribution is -0.115. The van der Waals surface area contributed by atoms with Crippen LogP contribution in [0.25, 0.3) is 0 Å². The number of phenols is 1. The van der Waals surface area contributed by atoms with E-state index in [2.05, 4.69) is 12.6 Å². The Morgan fingerprint density at radius 2 is 2.29 bits per heavy atom. The molecule has 4 heteroatoms. The normalized spacial score (nSPS) is 9.86. The number of phenolic OH excluding ortho intramolecular Hbond substituents is 1. The third kappa shape index (κ3) is 2.67. The highest BCUT2D eigenvalue weighted by Crippen LogP contribution is 2.26. The van der Waals surface area contributed by atoms with Gasteiger partial charge in [0.15, 0.2) is 11.5 Å². The highest BCUT2D eigenvalue weighted by atomic mass is 32.1. The predicted octanol–water partition coefficient (Wildman–Crippen LogP) is 1.44. The Balaban J connectivity index is 2.81. The summed E-state index contributed by atoms with van der Waals surface area (Å²) in [5.41, 5.74) is 0.766. The number of hydrogen-bond acceptors (Lipinski definition) is 4. The molecule has 0 aliphatic rings. The summed E-state index contributed by atoms with van der Waals surface area (Å²) in [5.74, 6) is 0.703. The highest BCUT2D eigenvalue weighted by Gasteiger charge is 2.05. The summed E-state index contributed by atoms with van der Waals surface area (Å²) in [5, 5.41) is 9.42. The summed E-state index contributed by atoms with van der Waals surface area (Å²) in [6.45, 7) is 0. The first-order chi connectivity index (χ1) is 6.67. The molecule has 0 saturated carbocycles. The average molecular weight is 212 g/mol. The van der Waals surface area contributed by atoms with E-state index in [-0.39, 0.29) is 17.3 Å². The molecule has 0 spiro atoms. The van der Waals surface area contributed by atoms with Gasteiger partial charge in [-0.15, -0.1) is 0 Å². The van der Waals surface area contributed by atoms with Crippen LogP contribution >= 0.6 is 12.6 Å². The number of ether oxygens (including phenoxy) is 1. The molecule has 0 bridgehead atoms. The van der Waals surface area contributed by atoms with Crippen molar-refractivity contribution in [1.29, 1.82) is 0 Å². The predicted molar refractivity (Wildman–Crippen MR) is 57.2 cm³/mol. The maximum absolute atomic E-state index is 11.1. The van der Waals surface area contributed by atoms with Gasteiger partial charge in [0.1, 0.15) is 5.78 Å². The second-order valence-electron chi connectivity index (χ2n) is 2.88. The minimum Gasteiger partial charge on any atom is -0.504 e. The van der Waals surface area contributed by atoms with E-state index in [0.717, 1.165) is 5.56 Å². The number of Topliss-reactive ketones (excluding diaryl/α,β-unsaturated/α-hetero) is 1. The average Bonchev–Trinajstić information content (AvgIpc) is 2.18. The van der Waals surface area contributed by atoms with Crippen LogP contribution in [0.3, 0.4) is 0 Å². The Morgan fingerprint density at radius 1 is 1.57 bits per heavy atom. The van der Waals surface area contributed by atoms with Crippen LogP contribution in [0, 0.1) is 0 Å². The summed E-state index contributed by atoms with van der Waals surface area (Å²) in [7, 11) is 1.48. The molecule has 1 aromatic rings. The van der Waals surface area contributed by atoms with Gasteiger partial charge in [-0.3, -0.25) is 4.79 Å². The molecular formula is C10H12O3S. The van der Waals surface area contributed by atoms with Crippen LogP contribution in [0.2, 0.25) is 0 Å². The number of ketones is 1. The van der Waals surface area contributed by atoms with E-state index < -0.39 is 0 Å². The van der Waals surface area contributed by atoms with Crippen molar-refractivity contribution in [2.45, 2.75) is 6.42 Å². The fourth-order valence-electron chi connectivity index (χ4n) is 1.13. The first kappa shape index (κ1) is 10.9. The lowest BCUT2D eigenvalue weighted by atomic mass is 10.1. The number of benzene rings is 1. The van der Waals surface area contributed by atoms with E-state index >= 15 is 0 Å². The molecule has 0 amide bonds. The van der Waals surface area contributed by atoms with E-state index in [1.165, 1.54) is 13.2 Å². The molecule has 0 atom stereocenters. The molecule has 0 aliphatic carbocycles. The summed E-state index contributed by atoms with van der Waals surface area (Å²) >= 11 is 3.87. The Hall–Kier alpha value is -1.16. The Kier molecular flexibility index (Phi) is 3.83. The molecule has 0 aliphatic heterocycles. The monoisotopic (exact) mass is 212 g/mol. The number of methoxy groups -OCH3 is 1. The van der Waals surface area contributed by atoms with Crippen LogP contribution < -0.4 is 4.74 Å². The zero-order valence-electron chi connectivity index (χ0n) is 7.86. The van der Waals surface area contributed by atoms with Crippen molar-refractivity contribution in [1.82, 2.24) is 0 Å². The second-order valence-corrected chi connectivity index (χ2v) is 3.20. The molecule has 0 unspecified atom stereocenters. The van der Waals surface area contributed by atoms with E-state index in [1.54, 1.807) is 12.1 Å². The van der Waals surface area contributed by atoms with E-state index in [4.69, 9.17) is 4.74 Å². The topological polar surface area (TPSA) is 46.5 Å². The molecule has 1 aromatic carbocycles. The van der Waals surface area contributed by atoms with Crippen LogP contribution in [-0.4, -0.2) is 23.8 Å². The number of carbonyl (C=O) groups is 1. The van der Waals surface area contributed by atoms with Gasteiger partial charge in [0.25, 0.3) is 0 Å². The molecule has 0 heterocycles. The van der Waals surface area contributed by atoms with E-state index in [1.807, 2.05) is 0 Å². The number of aromatic hydroxyl groups is 1. The minimum atomic E-state index is 0.0258. The fourth-order valence-corrected chi connectivity index (χ4v) is 1.24. The standard InChI is InChI=1S/C10H12O3S/c1-13-10-3-2-7(5-9(10)12)4-8(11)6-14/h2-3,5,12,14H,4,6H2,1H3. The first-order valence-electron chi connectivity index (χ1n) is 4.16. The first-order valence-corrected chi connectivity index (χ1v) is 4.79. The van der Waals surface area contributed by atoms with Gasteiger partial charge in [-0.05, 0) is 17.7 Å².